The van der Waals surface area contributed by atoms with Crippen LogP contribution in [0.5, 0.6) is 23.0 Å². The molecular formula is C45H47N3O6. The molecule has 5 rings (SSSR count). The first kappa shape index (κ1) is 39.1. The van der Waals surface area contributed by atoms with Gasteiger partial charge in [0.05, 0.1) is 41.4 Å². The van der Waals surface area contributed by atoms with E-state index in [1.807, 2.05) is 54.6 Å². The first-order chi connectivity index (χ1) is 26.5. The van der Waals surface area contributed by atoms with Crippen molar-refractivity contribution in [2.75, 3.05) is 13.2 Å². The Kier molecular flexibility index (Phi) is 15.5. The van der Waals surface area contributed by atoms with Gasteiger partial charge in [0.1, 0.15) is 23.0 Å². The maximum absolute atomic E-state index is 13.4. The van der Waals surface area contributed by atoms with Crippen molar-refractivity contribution >= 4 is 35.2 Å². The van der Waals surface area contributed by atoms with Crippen molar-refractivity contribution in [2.45, 2.75) is 65.2 Å². The summed E-state index contributed by atoms with van der Waals surface area (Å²) in [4.78, 5) is 31.0. The molecule has 5 aromatic carbocycles. The summed E-state index contributed by atoms with van der Waals surface area (Å²) in [7, 11) is 0. The second kappa shape index (κ2) is 21.4. The third-order valence-corrected chi connectivity index (χ3v) is 8.35. The molecule has 0 radical (unpaired) electrons. The van der Waals surface area contributed by atoms with Crippen molar-refractivity contribution in [1.82, 2.24) is 0 Å². The summed E-state index contributed by atoms with van der Waals surface area (Å²) >= 11 is 0. The Bertz CT molecular complexity index is 1960. The monoisotopic (exact) mass is 725 g/mol. The van der Waals surface area contributed by atoms with E-state index in [-0.39, 0.29) is 11.5 Å². The highest BCUT2D eigenvalue weighted by molar-refractivity contribution is 5.94. The number of nitrogens with zero attached hydrogens (tertiary/aromatic N) is 3. The summed E-state index contributed by atoms with van der Waals surface area (Å²) in [6.07, 6.45) is 10.5. The lowest BCUT2D eigenvalue weighted by Gasteiger charge is -2.11. The molecule has 0 N–H and O–H groups in total. The SMILES string of the molecule is CCCCCCOc1ccc(C(=O)Oc2ccc(C=Nc3ccc(N=Nc4ccccc4)cc3)c(OC(=O)c3ccc(OCCCCCC)cc3)c2)cc1. The lowest BCUT2D eigenvalue weighted by atomic mass is 10.2. The van der Waals surface area contributed by atoms with E-state index in [1.54, 1.807) is 66.9 Å². The smallest absolute Gasteiger partial charge is 0.343 e. The van der Waals surface area contributed by atoms with E-state index in [0.29, 0.717) is 52.8 Å². The van der Waals surface area contributed by atoms with E-state index in [9.17, 15) is 9.59 Å². The molecule has 0 amide bonds. The lowest BCUT2D eigenvalue weighted by Crippen LogP contribution is -2.11. The number of aliphatic imine (C=N–C) groups is 1. The molecular weight excluding hydrogens is 679 g/mol. The number of ether oxygens (including phenoxy) is 4. The van der Waals surface area contributed by atoms with Gasteiger partial charge < -0.3 is 18.9 Å². The van der Waals surface area contributed by atoms with E-state index in [1.165, 1.54) is 25.3 Å². The van der Waals surface area contributed by atoms with Crippen molar-refractivity contribution in [2.24, 2.45) is 15.2 Å². The van der Waals surface area contributed by atoms with Crippen LogP contribution in [0.15, 0.2) is 137 Å². The van der Waals surface area contributed by atoms with Crippen LogP contribution in [0.25, 0.3) is 0 Å². The maximum Gasteiger partial charge on any atom is 0.343 e. The third kappa shape index (κ3) is 12.8. The molecule has 0 atom stereocenters. The van der Waals surface area contributed by atoms with Crippen LogP contribution in [-0.2, 0) is 0 Å². The van der Waals surface area contributed by atoms with E-state index in [0.717, 1.165) is 37.8 Å². The number of benzene rings is 5. The molecule has 54 heavy (non-hydrogen) atoms. The van der Waals surface area contributed by atoms with Crippen molar-refractivity contribution in [3.05, 3.63) is 138 Å². The summed E-state index contributed by atoms with van der Waals surface area (Å²) in [6, 6.07) is 35.2. The summed E-state index contributed by atoms with van der Waals surface area (Å²) in [6.45, 7) is 5.59. The zero-order chi connectivity index (χ0) is 37.8. The van der Waals surface area contributed by atoms with Crippen molar-refractivity contribution < 1.29 is 28.5 Å². The molecule has 0 aromatic heterocycles. The van der Waals surface area contributed by atoms with Gasteiger partial charge in [0.25, 0.3) is 0 Å². The first-order valence-electron chi connectivity index (χ1n) is 18.7. The number of azo groups is 1. The van der Waals surface area contributed by atoms with Gasteiger partial charge in [0.2, 0.25) is 0 Å². The van der Waals surface area contributed by atoms with E-state index < -0.39 is 11.9 Å². The lowest BCUT2D eigenvalue weighted by molar-refractivity contribution is 0.0732. The number of unbranched alkanes of at least 4 members (excludes halogenated alkanes) is 6. The standard InChI is InChI=1S/C45H47N3O6/c1-3-5-7-12-30-51-40-25-16-34(17-26-40)44(49)53-42-29-20-36(33-46-37-21-23-39(24-22-37)48-47-38-14-10-9-11-15-38)43(32-42)54-45(50)35-18-27-41(28-19-35)52-31-13-8-6-4-2/h9-11,14-29,32-33H,3-8,12-13,30-31H2,1-2H3. The van der Waals surface area contributed by atoms with E-state index in [4.69, 9.17) is 18.9 Å². The molecule has 9 nitrogen and oxygen atoms in total. The molecule has 278 valence electrons. The minimum atomic E-state index is -0.582. The summed E-state index contributed by atoms with van der Waals surface area (Å²) in [5.74, 6) is 0.614. The van der Waals surface area contributed by atoms with Crippen LogP contribution in [-0.4, -0.2) is 31.4 Å². The third-order valence-electron chi connectivity index (χ3n) is 8.35. The molecule has 0 heterocycles. The predicted molar refractivity (Wildman–Crippen MR) is 213 cm³/mol. The van der Waals surface area contributed by atoms with Crippen LogP contribution < -0.4 is 18.9 Å². The highest BCUT2D eigenvalue weighted by atomic mass is 16.5. The van der Waals surface area contributed by atoms with Gasteiger partial charge in [-0.05, 0) is 110 Å². The highest BCUT2D eigenvalue weighted by Gasteiger charge is 2.16. The van der Waals surface area contributed by atoms with Gasteiger partial charge in [0, 0.05) is 17.8 Å². The van der Waals surface area contributed by atoms with Crippen molar-refractivity contribution in [1.29, 1.82) is 0 Å². The molecule has 0 aliphatic rings. The molecule has 0 saturated carbocycles. The zero-order valence-corrected chi connectivity index (χ0v) is 31.0. The van der Waals surface area contributed by atoms with Gasteiger partial charge in [-0.2, -0.15) is 10.2 Å². The molecule has 0 aliphatic carbocycles. The normalized spacial score (nSPS) is 11.1. The fourth-order valence-electron chi connectivity index (χ4n) is 5.27. The average molecular weight is 726 g/mol. The summed E-state index contributed by atoms with van der Waals surface area (Å²) < 4.78 is 23.2. The van der Waals surface area contributed by atoms with Crippen LogP contribution in [0.3, 0.4) is 0 Å². The molecule has 0 saturated heterocycles. The molecule has 0 unspecified atom stereocenters. The van der Waals surface area contributed by atoms with Gasteiger partial charge in [-0.15, -0.1) is 0 Å². The Hall–Kier alpha value is -6.09. The van der Waals surface area contributed by atoms with Gasteiger partial charge in [0.15, 0.2) is 0 Å². The fourth-order valence-corrected chi connectivity index (χ4v) is 5.27. The number of hydrogen-bond acceptors (Lipinski definition) is 9. The van der Waals surface area contributed by atoms with Crippen LogP contribution in [0, 0.1) is 0 Å². The maximum atomic E-state index is 13.4. The number of carbonyl (C=O) groups is 2. The quantitative estimate of drug-likeness (QED) is 0.0260. The molecule has 5 aromatic rings. The number of rotatable bonds is 20. The Morgan fingerprint density at radius 2 is 1.02 bits per heavy atom. The van der Waals surface area contributed by atoms with Crippen LogP contribution >= 0.6 is 0 Å². The number of esters is 2. The van der Waals surface area contributed by atoms with E-state index in [2.05, 4.69) is 29.1 Å². The second-order valence-electron chi connectivity index (χ2n) is 12.7. The Balaban J connectivity index is 1.28. The number of hydrogen-bond donors (Lipinski definition) is 0. The molecule has 0 aliphatic heterocycles. The highest BCUT2D eigenvalue weighted by Crippen LogP contribution is 2.28. The molecule has 0 spiro atoms. The van der Waals surface area contributed by atoms with Gasteiger partial charge in [-0.3, -0.25) is 4.99 Å². The van der Waals surface area contributed by atoms with Crippen molar-refractivity contribution in [3.63, 3.8) is 0 Å². The second-order valence-corrected chi connectivity index (χ2v) is 12.7. The van der Waals surface area contributed by atoms with Crippen LogP contribution in [0.1, 0.15) is 91.5 Å². The Morgan fingerprint density at radius 1 is 0.519 bits per heavy atom. The minimum absolute atomic E-state index is 0.172. The first-order valence-corrected chi connectivity index (χ1v) is 18.7. The van der Waals surface area contributed by atoms with Gasteiger partial charge in [-0.25, -0.2) is 9.59 Å². The van der Waals surface area contributed by atoms with Gasteiger partial charge in [-0.1, -0.05) is 70.6 Å². The minimum Gasteiger partial charge on any atom is -0.494 e. The van der Waals surface area contributed by atoms with Gasteiger partial charge >= 0.3 is 11.9 Å². The fraction of sp³-hybridized carbons (Fsp3) is 0.267. The summed E-state index contributed by atoms with van der Waals surface area (Å²) in [5, 5.41) is 8.53. The zero-order valence-electron chi connectivity index (χ0n) is 31.0. The topological polar surface area (TPSA) is 108 Å². The predicted octanol–water partition coefficient (Wildman–Crippen LogP) is 12.2. The van der Waals surface area contributed by atoms with Crippen molar-refractivity contribution in [3.8, 4) is 23.0 Å². The van der Waals surface area contributed by atoms with Crippen LogP contribution in [0.4, 0.5) is 17.1 Å². The largest absolute Gasteiger partial charge is 0.494 e. The Labute approximate surface area is 317 Å². The number of carbonyl (C=O) groups excluding carboxylic acids is 2. The average Bonchev–Trinajstić information content (AvgIpc) is 3.21. The molecule has 0 fully saturated rings. The van der Waals surface area contributed by atoms with E-state index >= 15 is 0 Å². The Morgan fingerprint density at radius 3 is 1.57 bits per heavy atom. The molecule has 0 bridgehead atoms. The molecule has 9 heteroatoms. The van der Waals surface area contributed by atoms with Crippen LogP contribution in [0.2, 0.25) is 0 Å². The summed E-state index contributed by atoms with van der Waals surface area (Å²) in [5.41, 5.74) is 3.29.